The van der Waals surface area contributed by atoms with Gasteiger partial charge in [-0.05, 0) is 24.3 Å². The maximum absolute atomic E-state index is 11.9. The maximum atomic E-state index is 11.9. The molecule has 7 nitrogen and oxygen atoms in total. The lowest BCUT2D eigenvalue weighted by molar-refractivity contribution is 0.251. The van der Waals surface area contributed by atoms with Gasteiger partial charge < -0.3 is 15.4 Å². The molecule has 1 aromatic heterocycles. The maximum Gasteiger partial charge on any atom is 0.319 e. The van der Waals surface area contributed by atoms with E-state index in [4.69, 9.17) is 4.74 Å². The van der Waals surface area contributed by atoms with Crippen molar-refractivity contribution in [2.24, 2.45) is 0 Å². The van der Waals surface area contributed by atoms with Gasteiger partial charge in [0.2, 0.25) is 0 Å². The number of aromatic nitrogens is 3. The molecule has 1 heterocycles. The average Bonchev–Trinajstić information content (AvgIpc) is 3.09. The van der Waals surface area contributed by atoms with Crippen LogP contribution in [0.1, 0.15) is 0 Å². The van der Waals surface area contributed by atoms with Gasteiger partial charge >= 0.3 is 6.03 Å². The van der Waals surface area contributed by atoms with E-state index in [2.05, 4.69) is 20.9 Å². The van der Waals surface area contributed by atoms with Crippen molar-refractivity contribution in [2.75, 3.05) is 11.9 Å². The molecule has 7 heteroatoms. The molecule has 122 valence electrons. The SMILES string of the molecule is O=C(NCCn1ccnn1)Nc1cccc(Oc2ccccc2)c1. The average molecular weight is 323 g/mol. The van der Waals surface area contributed by atoms with Crippen molar-refractivity contribution in [3.63, 3.8) is 0 Å². The molecule has 0 aliphatic carbocycles. The fourth-order valence-electron chi connectivity index (χ4n) is 2.07. The second-order valence-electron chi connectivity index (χ2n) is 4.99. The normalized spacial score (nSPS) is 10.2. The van der Waals surface area contributed by atoms with Gasteiger partial charge in [-0.1, -0.05) is 29.5 Å². The summed E-state index contributed by atoms with van der Waals surface area (Å²) in [6.45, 7) is 1.01. The fraction of sp³-hybridized carbons (Fsp3) is 0.118. The van der Waals surface area contributed by atoms with Crippen molar-refractivity contribution in [2.45, 2.75) is 6.54 Å². The molecule has 0 spiro atoms. The number of carbonyl (C=O) groups is 1. The predicted molar refractivity (Wildman–Crippen MR) is 90.0 cm³/mol. The highest BCUT2D eigenvalue weighted by atomic mass is 16.5. The standard InChI is InChI=1S/C17H17N5O2/c23-17(18-9-11-22-12-10-19-21-22)20-14-5-4-8-16(13-14)24-15-6-2-1-3-7-15/h1-8,10,12-13H,9,11H2,(H2,18,20,23). The Kier molecular flexibility index (Phi) is 5.03. The Balaban J connectivity index is 1.51. The number of ether oxygens (including phenoxy) is 1. The van der Waals surface area contributed by atoms with Crippen molar-refractivity contribution in [1.29, 1.82) is 0 Å². The zero-order chi connectivity index (χ0) is 16.6. The molecule has 0 fully saturated rings. The monoisotopic (exact) mass is 323 g/mol. The number of anilines is 1. The molecule has 2 N–H and O–H groups in total. The Morgan fingerprint density at radius 1 is 1.08 bits per heavy atom. The van der Waals surface area contributed by atoms with Gasteiger partial charge in [-0.25, -0.2) is 4.79 Å². The van der Waals surface area contributed by atoms with Crippen molar-refractivity contribution in [3.8, 4) is 11.5 Å². The van der Waals surface area contributed by atoms with Crippen molar-refractivity contribution < 1.29 is 9.53 Å². The third-order valence-electron chi connectivity index (χ3n) is 3.17. The van der Waals surface area contributed by atoms with E-state index in [1.165, 1.54) is 0 Å². The minimum absolute atomic E-state index is 0.285. The van der Waals surface area contributed by atoms with Crippen LogP contribution in [-0.2, 0) is 6.54 Å². The number of hydrogen-bond acceptors (Lipinski definition) is 4. The first kappa shape index (κ1) is 15.5. The van der Waals surface area contributed by atoms with E-state index in [9.17, 15) is 4.79 Å². The molecule has 0 bridgehead atoms. The zero-order valence-electron chi connectivity index (χ0n) is 12.9. The van der Waals surface area contributed by atoms with Gasteiger partial charge in [-0.2, -0.15) is 0 Å². The molecule has 3 aromatic rings. The highest BCUT2D eigenvalue weighted by molar-refractivity contribution is 5.89. The Labute approximate surface area is 139 Å². The topological polar surface area (TPSA) is 81.1 Å². The zero-order valence-corrected chi connectivity index (χ0v) is 12.9. The summed E-state index contributed by atoms with van der Waals surface area (Å²) in [4.78, 5) is 11.9. The Morgan fingerprint density at radius 3 is 2.71 bits per heavy atom. The molecule has 3 rings (SSSR count). The minimum Gasteiger partial charge on any atom is -0.457 e. The molecule has 0 aliphatic rings. The first-order valence-corrected chi connectivity index (χ1v) is 7.51. The van der Waals surface area contributed by atoms with E-state index in [1.54, 1.807) is 29.2 Å². The van der Waals surface area contributed by atoms with Gasteiger partial charge in [0.25, 0.3) is 0 Å². The Morgan fingerprint density at radius 2 is 1.92 bits per heavy atom. The van der Waals surface area contributed by atoms with Crippen molar-refractivity contribution in [3.05, 3.63) is 67.0 Å². The molecular formula is C17H17N5O2. The van der Waals surface area contributed by atoms with Gasteiger partial charge in [0.05, 0.1) is 12.7 Å². The summed E-state index contributed by atoms with van der Waals surface area (Å²) >= 11 is 0. The molecule has 0 atom stereocenters. The first-order chi connectivity index (χ1) is 11.8. The molecule has 0 radical (unpaired) electrons. The van der Waals surface area contributed by atoms with E-state index in [0.29, 0.717) is 24.5 Å². The fourth-order valence-corrected chi connectivity index (χ4v) is 2.07. The third kappa shape index (κ3) is 4.57. The third-order valence-corrected chi connectivity index (χ3v) is 3.17. The number of benzene rings is 2. The highest BCUT2D eigenvalue weighted by Gasteiger charge is 2.03. The van der Waals surface area contributed by atoms with Crippen LogP contribution in [0.5, 0.6) is 11.5 Å². The van der Waals surface area contributed by atoms with E-state index < -0.39 is 0 Å². The van der Waals surface area contributed by atoms with E-state index in [1.807, 2.05) is 42.5 Å². The van der Waals surface area contributed by atoms with Crippen LogP contribution in [-0.4, -0.2) is 27.6 Å². The number of urea groups is 1. The quantitative estimate of drug-likeness (QED) is 0.731. The van der Waals surface area contributed by atoms with E-state index in [-0.39, 0.29) is 6.03 Å². The van der Waals surface area contributed by atoms with Crippen LogP contribution in [0.4, 0.5) is 10.5 Å². The van der Waals surface area contributed by atoms with Gasteiger partial charge in [0.15, 0.2) is 0 Å². The van der Waals surface area contributed by atoms with Gasteiger partial charge in [-0.3, -0.25) is 4.68 Å². The lowest BCUT2D eigenvalue weighted by atomic mass is 10.3. The molecule has 24 heavy (non-hydrogen) atoms. The molecule has 2 amide bonds. The van der Waals surface area contributed by atoms with Crippen LogP contribution in [0.2, 0.25) is 0 Å². The number of hydrogen-bond donors (Lipinski definition) is 2. The summed E-state index contributed by atoms with van der Waals surface area (Å²) in [6, 6.07) is 16.4. The number of nitrogens with one attached hydrogen (secondary N) is 2. The first-order valence-electron chi connectivity index (χ1n) is 7.51. The number of nitrogens with zero attached hydrogens (tertiary/aromatic N) is 3. The molecule has 2 aromatic carbocycles. The number of para-hydroxylation sites is 1. The van der Waals surface area contributed by atoms with E-state index in [0.717, 1.165) is 5.75 Å². The smallest absolute Gasteiger partial charge is 0.319 e. The van der Waals surface area contributed by atoms with Crippen LogP contribution >= 0.6 is 0 Å². The lowest BCUT2D eigenvalue weighted by Crippen LogP contribution is -2.31. The minimum atomic E-state index is -0.285. The van der Waals surface area contributed by atoms with E-state index >= 15 is 0 Å². The molecule has 0 unspecified atom stereocenters. The largest absolute Gasteiger partial charge is 0.457 e. The number of rotatable bonds is 6. The number of amides is 2. The summed E-state index contributed by atoms with van der Waals surface area (Å²) in [5, 5.41) is 13.1. The molecular weight excluding hydrogens is 306 g/mol. The van der Waals surface area contributed by atoms with Gasteiger partial charge in [0.1, 0.15) is 11.5 Å². The van der Waals surface area contributed by atoms with Crippen molar-refractivity contribution >= 4 is 11.7 Å². The van der Waals surface area contributed by atoms with Crippen LogP contribution in [0.25, 0.3) is 0 Å². The molecule has 0 saturated carbocycles. The Bertz CT molecular complexity index is 775. The second-order valence-corrected chi connectivity index (χ2v) is 4.99. The predicted octanol–water partition coefficient (Wildman–Crippen LogP) is 2.89. The summed E-state index contributed by atoms with van der Waals surface area (Å²) in [5.41, 5.74) is 0.654. The number of carbonyl (C=O) groups excluding carboxylic acids is 1. The summed E-state index contributed by atoms with van der Waals surface area (Å²) in [5.74, 6) is 1.40. The Hall–Kier alpha value is -3.35. The molecule has 0 aliphatic heterocycles. The summed E-state index contributed by atoms with van der Waals surface area (Å²) in [7, 11) is 0. The summed E-state index contributed by atoms with van der Waals surface area (Å²) in [6.07, 6.45) is 3.34. The summed E-state index contributed by atoms with van der Waals surface area (Å²) < 4.78 is 7.39. The van der Waals surface area contributed by atoms with Crippen LogP contribution < -0.4 is 15.4 Å². The van der Waals surface area contributed by atoms with Crippen molar-refractivity contribution in [1.82, 2.24) is 20.3 Å². The van der Waals surface area contributed by atoms with Crippen LogP contribution in [0, 0.1) is 0 Å². The van der Waals surface area contributed by atoms with Gasteiger partial charge in [-0.15, -0.1) is 5.10 Å². The molecule has 0 saturated heterocycles. The lowest BCUT2D eigenvalue weighted by Gasteiger charge is -2.10. The van der Waals surface area contributed by atoms with Gasteiger partial charge in [0, 0.05) is 24.5 Å². The second kappa shape index (κ2) is 7.77. The van der Waals surface area contributed by atoms with Crippen LogP contribution in [0.15, 0.2) is 67.0 Å². The highest BCUT2D eigenvalue weighted by Crippen LogP contribution is 2.23. The van der Waals surface area contributed by atoms with Crippen LogP contribution in [0.3, 0.4) is 0 Å².